The minimum atomic E-state index is -4.33. The van der Waals surface area contributed by atoms with Crippen molar-refractivity contribution in [3.8, 4) is 0 Å². The molecule has 0 spiro atoms. The fraction of sp³-hybridized carbons (Fsp3) is 0.562. The van der Waals surface area contributed by atoms with Gasteiger partial charge in [0, 0.05) is 18.2 Å². The van der Waals surface area contributed by atoms with Crippen molar-refractivity contribution in [2.24, 2.45) is 11.8 Å². The Bertz CT molecular complexity index is 499. The van der Waals surface area contributed by atoms with Crippen molar-refractivity contribution in [1.29, 1.82) is 0 Å². The molecule has 1 aliphatic carbocycles. The summed E-state index contributed by atoms with van der Waals surface area (Å²) in [5.41, 5.74) is 1.39. The van der Waals surface area contributed by atoms with Crippen LogP contribution in [0.4, 0.5) is 18.9 Å². The summed E-state index contributed by atoms with van der Waals surface area (Å²) >= 11 is 0. The van der Waals surface area contributed by atoms with Crippen LogP contribution >= 0.6 is 0 Å². The third kappa shape index (κ3) is 4.22. The van der Waals surface area contributed by atoms with Crippen molar-refractivity contribution in [3.63, 3.8) is 0 Å². The highest BCUT2D eigenvalue weighted by atomic mass is 19.4. The lowest BCUT2D eigenvalue weighted by molar-refractivity contribution is -0.197. The van der Waals surface area contributed by atoms with Crippen LogP contribution in [0.1, 0.15) is 31.2 Å². The summed E-state index contributed by atoms with van der Waals surface area (Å²) < 4.78 is 39.1. The van der Waals surface area contributed by atoms with Gasteiger partial charge in [0.2, 0.25) is 5.91 Å². The molecule has 6 heteroatoms. The number of aliphatic hydroxyl groups excluding tert-OH is 1. The number of benzene rings is 1. The summed E-state index contributed by atoms with van der Waals surface area (Å²) in [5, 5.41) is 11.4. The zero-order valence-electron chi connectivity index (χ0n) is 12.2. The van der Waals surface area contributed by atoms with Crippen LogP contribution in [0.15, 0.2) is 24.3 Å². The SMILES string of the molecule is O=C(Nc1ccc(CCO)cc1)C1CCCCC1C(F)(F)F. The van der Waals surface area contributed by atoms with Crippen LogP contribution < -0.4 is 5.32 Å². The molecule has 2 rings (SSSR count). The molecular formula is C16H20F3NO2. The molecule has 0 aliphatic heterocycles. The summed E-state index contributed by atoms with van der Waals surface area (Å²) in [4.78, 5) is 12.2. The van der Waals surface area contributed by atoms with Crippen molar-refractivity contribution in [3.05, 3.63) is 29.8 Å². The van der Waals surface area contributed by atoms with Crippen LogP contribution in [0.25, 0.3) is 0 Å². The van der Waals surface area contributed by atoms with Crippen molar-refractivity contribution < 1.29 is 23.1 Å². The second-order valence-electron chi connectivity index (χ2n) is 5.70. The van der Waals surface area contributed by atoms with Crippen molar-refractivity contribution in [2.75, 3.05) is 11.9 Å². The Hall–Kier alpha value is -1.56. The summed E-state index contributed by atoms with van der Waals surface area (Å²) in [6.45, 7) is 0.0288. The van der Waals surface area contributed by atoms with Crippen LogP contribution in [0.3, 0.4) is 0 Å². The Morgan fingerprint density at radius 1 is 1.18 bits per heavy atom. The number of nitrogens with one attached hydrogen (secondary N) is 1. The molecule has 0 aromatic heterocycles. The molecule has 2 atom stereocenters. The zero-order valence-corrected chi connectivity index (χ0v) is 12.2. The van der Waals surface area contributed by atoms with E-state index in [4.69, 9.17) is 5.11 Å². The largest absolute Gasteiger partial charge is 0.396 e. The van der Waals surface area contributed by atoms with E-state index >= 15 is 0 Å². The zero-order chi connectivity index (χ0) is 16.2. The van der Waals surface area contributed by atoms with E-state index in [9.17, 15) is 18.0 Å². The molecule has 0 saturated heterocycles. The normalized spacial score (nSPS) is 22.4. The molecule has 1 saturated carbocycles. The number of hydrogen-bond donors (Lipinski definition) is 2. The summed E-state index contributed by atoms with van der Waals surface area (Å²) in [6.07, 6.45) is -2.35. The first-order chi connectivity index (χ1) is 10.4. The van der Waals surface area contributed by atoms with Gasteiger partial charge >= 0.3 is 6.18 Å². The van der Waals surface area contributed by atoms with Gasteiger partial charge < -0.3 is 10.4 Å². The first kappa shape index (κ1) is 16.8. The number of halogens is 3. The van der Waals surface area contributed by atoms with Gasteiger partial charge in [0.05, 0.1) is 5.92 Å². The molecule has 0 heterocycles. The van der Waals surface area contributed by atoms with Gasteiger partial charge in [0.25, 0.3) is 0 Å². The van der Waals surface area contributed by atoms with Gasteiger partial charge in [-0.3, -0.25) is 4.79 Å². The van der Waals surface area contributed by atoms with Gasteiger partial charge in [0.15, 0.2) is 0 Å². The molecule has 122 valence electrons. The minimum absolute atomic E-state index is 0.0248. The summed E-state index contributed by atoms with van der Waals surface area (Å²) in [5.74, 6) is -3.11. The molecule has 1 amide bonds. The number of carbonyl (C=O) groups excluding carboxylic acids is 1. The Kier molecular flexibility index (Phi) is 5.45. The molecule has 0 bridgehead atoms. The van der Waals surface area contributed by atoms with E-state index < -0.39 is 23.9 Å². The van der Waals surface area contributed by atoms with Crippen molar-refractivity contribution in [2.45, 2.75) is 38.3 Å². The predicted molar refractivity (Wildman–Crippen MR) is 77.4 cm³/mol. The lowest BCUT2D eigenvalue weighted by Gasteiger charge is -2.32. The lowest BCUT2D eigenvalue weighted by atomic mass is 9.78. The van der Waals surface area contributed by atoms with E-state index in [-0.39, 0.29) is 19.4 Å². The lowest BCUT2D eigenvalue weighted by Crippen LogP contribution is -2.39. The quantitative estimate of drug-likeness (QED) is 0.893. The number of alkyl halides is 3. The van der Waals surface area contributed by atoms with Crippen molar-refractivity contribution in [1.82, 2.24) is 0 Å². The van der Waals surface area contributed by atoms with Gasteiger partial charge in [-0.1, -0.05) is 25.0 Å². The average Bonchev–Trinajstić information content (AvgIpc) is 2.48. The molecule has 0 radical (unpaired) electrons. The second kappa shape index (κ2) is 7.13. The molecule has 1 aliphatic rings. The van der Waals surface area contributed by atoms with Crippen LogP contribution in [0.5, 0.6) is 0 Å². The maximum Gasteiger partial charge on any atom is 0.392 e. The molecule has 2 unspecified atom stereocenters. The van der Waals surface area contributed by atoms with E-state index in [1.165, 1.54) is 0 Å². The molecule has 2 N–H and O–H groups in total. The topological polar surface area (TPSA) is 49.3 Å². The summed E-state index contributed by atoms with van der Waals surface area (Å²) in [7, 11) is 0. The fourth-order valence-corrected chi connectivity index (χ4v) is 2.96. The van der Waals surface area contributed by atoms with Crippen LogP contribution in [-0.4, -0.2) is 23.8 Å². The molecule has 22 heavy (non-hydrogen) atoms. The van der Waals surface area contributed by atoms with Crippen molar-refractivity contribution >= 4 is 11.6 Å². The number of anilines is 1. The standard InChI is InChI=1S/C16H20F3NO2/c17-16(18,19)14-4-2-1-3-13(14)15(22)20-12-7-5-11(6-8-12)9-10-21/h5-8,13-14,21H,1-4,9-10H2,(H,20,22). The first-order valence-electron chi connectivity index (χ1n) is 7.49. The number of amides is 1. The first-order valence-corrected chi connectivity index (χ1v) is 7.49. The van der Waals surface area contributed by atoms with E-state index in [1.807, 2.05) is 0 Å². The second-order valence-corrected chi connectivity index (χ2v) is 5.70. The Balaban J connectivity index is 2.03. The Labute approximate surface area is 127 Å². The molecule has 1 fully saturated rings. The maximum absolute atomic E-state index is 13.0. The van der Waals surface area contributed by atoms with E-state index in [1.54, 1.807) is 24.3 Å². The highest BCUT2D eigenvalue weighted by Gasteiger charge is 2.47. The van der Waals surface area contributed by atoms with Gasteiger partial charge in [-0.25, -0.2) is 0 Å². The van der Waals surface area contributed by atoms with Gasteiger partial charge in [-0.05, 0) is 37.0 Å². The average molecular weight is 315 g/mol. The monoisotopic (exact) mass is 315 g/mol. The maximum atomic E-state index is 13.0. The molecular weight excluding hydrogens is 295 g/mol. The smallest absolute Gasteiger partial charge is 0.392 e. The Morgan fingerprint density at radius 3 is 2.41 bits per heavy atom. The summed E-state index contributed by atoms with van der Waals surface area (Å²) in [6, 6.07) is 6.78. The molecule has 1 aromatic rings. The van der Waals surface area contributed by atoms with Gasteiger partial charge in [-0.2, -0.15) is 13.2 Å². The number of aliphatic hydroxyl groups is 1. The van der Waals surface area contributed by atoms with Crippen LogP contribution in [0, 0.1) is 11.8 Å². The van der Waals surface area contributed by atoms with E-state index in [0.717, 1.165) is 5.56 Å². The Morgan fingerprint density at radius 2 is 1.82 bits per heavy atom. The predicted octanol–water partition coefficient (Wildman–Crippen LogP) is 3.53. The third-order valence-electron chi connectivity index (χ3n) is 4.15. The minimum Gasteiger partial charge on any atom is -0.396 e. The highest BCUT2D eigenvalue weighted by Crippen LogP contribution is 2.41. The highest BCUT2D eigenvalue weighted by molar-refractivity contribution is 5.92. The van der Waals surface area contributed by atoms with Crippen LogP contribution in [-0.2, 0) is 11.2 Å². The van der Waals surface area contributed by atoms with E-state index in [2.05, 4.69) is 5.32 Å². The van der Waals surface area contributed by atoms with E-state index in [0.29, 0.717) is 24.9 Å². The molecule has 1 aromatic carbocycles. The number of hydrogen-bond acceptors (Lipinski definition) is 2. The third-order valence-corrected chi connectivity index (χ3v) is 4.15. The molecule has 3 nitrogen and oxygen atoms in total. The van der Waals surface area contributed by atoms with Gasteiger partial charge in [0.1, 0.15) is 0 Å². The number of rotatable bonds is 4. The van der Waals surface area contributed by atoms with Gasteiger partial charge in [-0.15, -0.1) is 0 Å². The number of carbonyl (C=O) groups is 1. The van der Waals surface area contributed by atoms with Crippen LogP contribution in [0.2, 0.25) is 0 Å². The fourth-order valence-electron chi connectivity index (χ4n) is 2.96.